The van der Waals surface area contributed by atoms with Crippen LogP contribution in [-0.2, 0) is 5.88 Å². The normalized spacial score (nSPS) is 10.4. The molecule has 2 aromatic heterocycles. The van der Waals surface area contributed by atoms with Crippen LogP contribution in [0.3, 0.4) is 0 Å². The molecule has 4 nitrogen and oxygen atoms in total. The Morgan fingerprint density at radius 2 is 2.29 bits per heavy atom. The number of nitrogens with zero attached hydrogens (tertiary/aromatic N) is 3. The Morgan fingerprint density at radius 1 is 1.43 bits per heavy atom. The third kappa shape index (κ3) is 1.61. The number of alkyl halides is 1. The molecule has 0 saturated carbocycles. The molecule has 72 valence electrons. The number of hydrogen-bond donors (Lipinski definition) is 0. The lowest BCUT2D eigenvalue weighted by Gasteiger charge is -1.96. The van der Waals surface area contributed by atoms with Gasteiger partial charge in [-0.25, -0.2) is 0 Å². The van der Waals surface area contributed by atoms with Gasteiger partial charge in [-0.3, -0.25) is 4.98 Å². The lowest BCUT2D eigenvalue weighted by molar-refractivity contribution is 0.525. The predicted octanol–water partition coefficient (Wildman–Crippen LogP) is 2.18. The Morgan fingerprint density at radius 3 is 2.93 bits per heavy atom. The largest absolute Gasteiger partial charge is 0.418 e. The van der Waals surface area contributed by atoms with E-state index in [1.165, 1.54) is 0 Å². The van der Waals surface area contributed by atoms with Gasteiger partial charge in [-0.05, 0) is 18.6 Å². The standard InChI is InChI=1S/C9H8ClN3O/c1-6-3-2-4-11-8(6)9-13-12-7(5-10)14-9/h2-4H,5H2,1H3. The molecule has 0 amide bonds. The summed E-state index contributed by atoms with van der Waals surface area (Å²) in [6.45, 7) is 1.94. The van der Waals surface area contributed by atoms with Crippen LogP contribution >= 0.6 is 11.6 Å². The van der Waals surface area contributed by atoms with Gasteiger partial charge in [-0.15, -0.1) is 21.8 Å². The summed E-state index contributed by atoms with van der Waals surface area (Å²) in [6.07, 6.45) is 1.69. The summed E-state index contributed by atoms with van der Waals surface area (Å²) in [5.74, 6) is 1.05. The van der Waals surface area contributed by atoms with Crippen molar-refractivity contribution in [3.05, 3.63) is 29.8 Å². The molecule has 0 aliphatic carbocycles. The van der Waals surface area contributed by atoms with E-state index in [2.05, 4.69) is 15.2 Å². The SMILES string of the molecule is Cc1cccnc1-c1nnc(CCl)o1. The van der Waals surface area contributed by atoms with Crippen LogP contribution in [0.5, 0.6) is 0 Å². The van der Waals surface area contributed by atoms with Crippen molar-refractivity contribution in [2.24, 2.45) is 0 Å². The van der Waals surface area contributed by atoms with Crippen molar-refractivity contribution in [2.75, 3.05) is 0 Å². The molecule has 2 heterocycles. The first kappa shape index (κ1) is 9.15. The topological polar surface area (TPSA) is 51.8 Å². The van der Waals surface area contributed by atoms with Gasteiger partial charge in [-0.1, -0.05) is 6.07 Å². The number of aromatic nitrogens is 3. The average molecular weight is 210 g/mol. The highest BCUT2D eigenvalue weighted by molar-refractivity contribution is 6.16. The molecule has 0 saturated heterocycles. The highest BCUT2D eigenvalue weighted by Crippen LogP contribution is 2.18. The number of aryl methyl sites for hydroxylation is 1. The number of pyridine rings is 1. The number of rotatable bonds is 2. The van der Waals surface area contributed by atoms with Crippen molar-refractivity contribution in [2.45, 2.75) is 12.8 Å². The van der Waals surface area contributed by atoms with E-state index in [1.54, 1.807) is 6.20 Å². The van der Waals surface area contributed by atoms with E-state index >= 15 is 0 Å². The van der Waals surface area contributed by atoms with E-state index in [-0.39, 0.29) is 5.88 Å². The fourth-order valence-electron chi connectivity index (χ4n) is 1.11. The maximum absolute atomic E-state index is 5.55. The molecule has 0 aliphatic heterocycles. The van der Waals surface area contributed by atoms with Crippen LogP contribution in [-0.4, -0.2) is 15.2 Å². The van der Waals surface area contributed by atoms with Crippen LogP contribution in [0.1, 0.15) is 11.5 Å². The molecule has 0 unspecified atom stereocenters. The van der Waals surface area contributed by atoms with Crippen LogP contribution in [0.2, 0.25) is 0 Å². The van der Waals surface area contributed by atoms with Crippen LogP contribution in [0.25, 0.3) is 11.6 Å². The van der Waals surface area contributed by atoms with Gasteiger partial charge >= 0.3 is 0 Å². The van der Waals surface area contributed by atoms with Crippen LogP contribution in [0.4, 0.5) is 0 Å². The minimum Gasteiger partial charge on any atom is -0.418 e. The smallest absolute Gasteiger partial charge is 0.266 e. The molecule has 2 rings (SSSR count). The molecule has 0 radical (unpaired) electrons. The van der Waals surface area contributed by atoms with Crippen molar-refractivity contribution in [3.8, 4) is 11.6 Å². The Hall–Kier alpha value is -1.42. The van der Waals surface area contributed by atoms with E-state index in [0.717, 1.165) is 5.56 Å². The zero-order valence-corrected chi connectivity index (χ0v) is 8.32. The second-order valence-corrected chi connectivity index (χ2v) is 3.07. The monoisotopic (exact) mass is 209 g/mol. The summed E-state index contributed by atoms with van der Waals surface area (Å²) >= 11 is 5.55. The van der Waals surface area contributed by atoms with E-state index in [4.69, 9.17) is 16.0 Å². The molecule has 0 bridgehead atoms. The van der Waals surface area contributed by atoms with Gasteiger partial charge in [-0.2, -0.15) is 0 Å². The van der Waals surface area contributed by atoms with Gasteiger partial charge in [0.1, 0.15) is 11.6 Å². The lowest BCUT2D eigenvalue weighted by atomic mass is 10.2. The van der Waals surface area contributed by atoms with Gasteiger partial charge in [0.25, 0.3) is 5.89 Å². The van der Waals surface area contributed by atoms with Crippen molar-refractivity contribution >= 4 is 11.6 Å². The molecule has 0 fully saturated rings. The number of hydrogen-bond acceptors (Lipinski definition) is 4. The highest BCUT2D eigenvalue weighted by Gasteiger charge is 2.10. The summed E-state index contributed by atoms with van der Waals surface area (Å²) in [5, 5.41) is 7.62. The molecule has 0 aromatic carbocycles. The van der Waals surface area contributed by atoms with E-state index in [0.29, 0.717) is 17.5 Å². The van der Waals surface area contributed by atoms with Crippen molar-refractivity contribution in [3.63, 3.8) is 0 Å². The zero-order valence-electron chi connectivity index (χ0n) is 7.57. The Balaban J connectivity index is 2.44. The summed E-state index contributed by atoms with van der Waals surface area (Å²) in [7, 11) is 0. The third-order valence-corrected chi connectivity index (χ3v) is 2.02. The maximum Gasteiger partial charge on any atom is 0.266 e. The quantitative estimate of drug-likeness (QED) is 0.712. The van der Waals surface area contributed by atoms with Gasteiger partial charge < -0.3 is 4.42 Å². The summed E-state index contributed by atoms with van der Waals surface area (Å²) in [5.41, 5.74) is 1.70. The van der Waals surface area contributed by atoms with Crippen LogP contribution in [0, 0.1) is 6.92 Å². The van der Waals surface area contributed by atoms with Gasteiger partial charge in [0.2, 0.25) is 5.89 Å². The average Bonchev–Trinajstić information content (AvgIpc) is 2.67. The van der Waals surface area contributed by atoms with Gasteiger partial charge in [0.15, 0.2) is 0 Å². The fraction of sp³-hybridized carbons (Fsp3) is 0.222. The van der Waals surface area contributed by atoms with E-state index in [9.17, 15) is 0 Å². The second kappa shape index (κ2) is 3.75. The maximum atomic E-state index is 5.55. The Bertz CT molecular complexity index is 441. The first-order chi connectivity index (χ1) is 6.81. The van der Waals surface area contributed by atoms with Gasteiger partial charge in [0.05, 0.1) is 0 Å². The molecule has 0 aliphatic rings. The highest BCUT2D eigenvalue weighted by atomic mass is 35.5. The lowest BCUT2D eigenvalue weighted by Crippen LogP contribution is -1.86. The Kier molecular flexibility index (Phi) is 2.45. The molecular formula is C9H8ClN3O. The van der Waals surface area contributed by atoms with Crippen molar-refractivity contribution in [1.82, 2.24) is 15.2 Å². The Labute approximate surface area is 85.9 Å². The zero-order chi connectivity index (χ0) is 9.97. The van der Waals surface area contributed by atoms with E-state index in [1.807, 2.05) is 19.1 Å². The summed E-state index contributed by atoms with van der Waals surface area (Å²) in [4.78, 5) is 4.16. The van der Waals surface area contributed by atoms with E-state index < -0.39 is 0 Å². The minimum atomic E-state index is 0.221. The second-order valence-electron chi connectivity index (χ2n) is 2.80. The number of halogens is 1. The summed E-state index contributed by atoms with van der Waals surface area (Å²) < 4.78 is 5.28. The third-order valence-electron chi connectivity index (χ3n) is 1.79. The predicted molar refractivity (Wildman–Crippen MR) is 51.8 cm³/mol. The van der Waals surface area contributed by atoms with Crippen LogP contribution < -0.4 is 0 Å². The molecule has 0 N–H and O–H groups in total. The first-order valence-electron chi connectivity index (χ1n) is 4.11. The molecule has 0 spiro atoms. The van der Waals surface area contributed by atoms with Crippen molar-refractivity contribution in [1.29, 1.82) is 0 Å². The molecular weight excluding hydrogens is 202 g/mol. The molecule has 0 atom stereocenters. The fourth-order valence-corrected chi connectivity index (χ4v) is 1.22. The summed E-state index contributed by atoms with van der Waals surface area (Å²) in [6, 6.07) is 3.80. The van der Waals surface area contributed by atoms with Crippen molar-refractivity contribution < 1.29 is 4.42 Å². The molecule has 14 heavy (non-hydrogen) atoms. The molecule has 2 aromatic rings. The molecule has 5 heteroatoms. The minimum absolute atomic E-state index is 0.221. The van der Waals surface area contributed by atoms with Gasteiger partial charge in [0, 0.05) is 6.20 Å². The first-order valence-corrected chi connectivity index (χ1v) is 4.65. The van der Waals surface area contributed by atoms with Crippen LogP contribution in [0.15, 0.2) is 22.7 Å².